The average molecular weight is 357 g/mol. The highest BCUT2D eigenvalue weighted by atomic mass is 79.9. The molecule has 104 valence electrons. The molecule has 20 heavy (non-hydrogen) atoms. The van der Waals surface area contributed by atoms with Crippen LogP contribution in [0, 0.1) is 5.82 Å². The van der Waals surface area contributed by atoms with Crippen molar-refractivity contribution in [1.29, 1.82) is 0 Å². The van der Waals surface area contributed by atoms with Crippen molar-refractivity contribution < 1.29 is 18.5 Å². The Morgan fingerprint density at radius 3 is 2.60 bits per heavy atom. The molecule has 2 rings (SSSR count). The lowest BCUT2D eigenvalue weighted by atomic mass is 10.1. The Labute approximate surface area is 126 Å². The molecule has 0 bridgehead atoms. The van der Waals surface area contributed by atoms with E-state index in [1.165, 1.54) is 12.1 Å². The zero-order valence-corrected chi connectivity index (χ0v) is 12.6. The van der Waals surface area contributed by atoms with Gasteiger partial charge < -0.3 is 5.11 Å². The quantitative estimate of drug-likeness (QED) is 0.910. The van der Waals surface area contributed by atoms with Gasteiger partial charge in [-0.25, -0.2) is 9.18 Å². The molecule has 0 saturated heterocycles. The zero-order chi connectivity index (χ0) is 14.7. The van der Waals surface area contributed by atoms with Crippen LogP contribution in [-0.4, -0.2) is 15.3 Å². The van der Waals surface area contributed by atoms with Crippen LogP contribution in [0.3, 0.4) is 0 Å². The van der Waals surface area contributed by atoms with E-state index in [0.717, 1.165) is 10.5 Å². The smallest absolute Gasteiger partial charge is 0.338 e. The fraction of sp³-hybridized carbons (Fsp3) is 0.0714. The summed E-state index contributed by atoms with van der Waals surface area (Å²) in [6.45, 7) is 0. The fourth-order valence-electron chi connectivity index (χ4n) is 1.67. The molecule has 6 heteroatoms. The van der Waals surface area contributed by atoms with Crippen molar-refractivity contribution in [1.82, 2.24) is 0 Å². The molecule has 0 saturated carbocycles. The standard InChI is InChI=1S/C14H10BrFO3S/c15-10-2-1-3-11(7-10)20(19)8-9-4-5-12(14(17)18)13(16)6-9/h1-7H,8H2,(H,17,18). The third-order valence-corrected chi connectivity index (χ3v) is 4.49. The molecule has 0 fully saturated rings. The number of rotatable bonds is 4. The first-order chi connectivity index (χ1) is 9.47. The maximum Gasteiger partial charge on any atom is 0.338 e. The van der Waals surface area contributed by atoms with Crippen LogP contribution in [0.4, 0.5) is 4.39 Å². The summed E-state index contributed by atoms with van der Waals surface area (Å²) < 4.78 is 26.5. The maximum atomic E-state index is 13.5. The van der Waals surface area contributed by atoms with Crippen molar-refractivity contribution >= 4 is 32.7 Å². The highest BCUT2D eigenvalue weighted by Crippen LogP contribution is 2.18. The second kappa shape index (κ2) is 6.28. The first-order valence-corrected chi connectivity index (χ1v) is 7.74. The third-order valence-electron chi connectivity index (χ3n) is 2.62. The first-order valence-electron chi connectivity index (χ1n) is 5.63. The monoisotopic (exact) mass is 356 g/mol. The van der Waals surface area contributed by atoms with Gasteiger partial charge in [-0.2, -0.15) is 0 Å². The van der Waals surface area contributed by atoms with E-state index in [9.17, 15) is 13.4 Å². The number of aromatic carboxylic acids is 1. The van der Waals surface area contributed by atoms with Gasteiger partial charge in [-0.15, -0.1) is 0 Å². The number of carboxylic acids is 1. The minimum absolute atomic E-state index is 0.132. The third kappa shape index (κ3) is 3.52. The van der Waals surface area contributed by atoms with Crippen LogP contribution in [-0.2, 0) is 16.6 Å². The van der Waals surface area contributed by atoms with Crippen LogP contribution < -0.4 is 0 Å². The Bertz CT molecular complexity index is 688. The van der Waals surface area contributed by atoms with Gasteiger partial charge in [0.15, 0.2) is 0 Å². The van der Waals surface area contributed by atoms with E-state index in [0.29, 0.717) is 10.5 Å². The maximum absolute atomic E-state index is 13.5. The molecule has 2 aromatic rings. The van der Waals surface area contributed by atoms with Gasteiger partial charge in [0.2, 0.25) is 0 Å². The van der Waals surface area contributed by atoms with Gasteiger partial charge in [-0.05, 0) is 35.9 Å². The summed E-state index contributed by atoms with van der Waals surface area (Å²) >= 11 is 3.29. The second-order valence-electron chi connectivity index (χ2n) is 4.07. The molecule has 1 atom stereocenters. The van der Waals surface area contributed by atoms with Gasteiger partial charge in [0, 0.05) is 9.37 Å². The highest BCUT2D eigenvalue weighted by Gasteiger charge is 2.12. The Morgan fingerprint density at radius 1 is 1.25 bits per heavy atom. The summed E-state index contributed by atoms with van der Waals surface area (Å²) in [4.78, 5) is 11.3. The van der Waals surface area contributed by atoms with Crippen LogP contribution >= 0.6 is 15.9 Å². The van der Waals surface area contributed by atoms with E-state index in [-0.39, 0.29) is 11.3 Å². The lowest BCUT2D eigenvalue weighted by molar-refractivity contribution is 0.0692. The number of carbonyl (C=O) groups is 1. The van der Waals surface area contributed by atoms with Gasteiger partial charge in [-0.3, -0.25) is 4.21 Å². The van der Waals surface area contributed by atoms with E-state index >= 15 is 0 Å². The van der Waals surface area contributed by atoms with Crippen LogP contribution in [0.25, 0.3) is 0 Å². The predicted octanol–water partition coefficient (Wildman–Crippen LogP) is 3.59. The summed E-state index contributed by atoms with van der Waals surface area (Å²) in [7, 11) is -1.31. The SMILES string of the molecule is O=C(O)c1ccc(CS(=O)c2cccc(Br)c2)cc1F. The Hall–Kier alpha value is -1.53. The molecule has 1 N–H and O–H groups in total. The molecule has 0 radical (unpaired) electrons. The van der Waals surface area contributed by atoms with E-state index in [2.05, 4.69) is 15.9 Å². The van der Waals surface area contributed by atoms with Gasteiger partial charge in [0.25, 0.3) is 0 Å². The van der Waals surface area contributed by atoms with Crippen molar-refractivity contribution in [3.05, 3.63) is 63.9 Å². The van der Waals surface area contributed by atoms with Crippen molar-refractivity contribution in [2.45, 2.75) is 10.6 Å². The van der Waals surface area contributed by atoms with Crippen LogP contribution in [0.15, 0.2) is 51.8 Å². The van der Waals surface area contributed by atoms with E-state index < -0.39 is 22.6 Å². The molecule has 0 aliphatic carbocycles. The number of halogens is 2. The lowest BCUT2D eigenvalue weighted by Crippen LogP contribution is -2.03. The van der Waals surface area contributed by atoms with Crippen molar-refractivity contribution in [2.24, 2.45) is 0 Å². The van der Waals surface area contributed by atoms with Crippen LogP contribution in [0.5, 0.6) is 0 Å². The normalized spacial score (nSPS) is 12.1. The van der Waals surface area contributed by atoms with E-state index in [1.807, 2.05) is 6.07 Å². The summed E-state index contributed by atoms with van der Waals surface area (Å²) in [5.41, 5.74) is 0.104. The molecule has 0 aliphatic heterocycles. The summed E-state index contributed by atoms with van der Waals surface area (Å²) in [6.07, 6.45) is 0. The molecule has 0 aliphatic rings. The molecule has 2 aromatic carbocycles. The summed E-state index contributed by atoms with van der Waals surface area (Å²) in [6, 6.07) is 10.8. The van der Waals surface area contributed by atoms with Gasteiger partial charge in [-0.1, -0.05) is 28.1 Å². The number of carboxylic acid groups (broad SMARTS) is 1. The molecular weight excluding hydrogens is 347 g/mol. The first kappa shape index (κ1) is 14.9. The van der Waals surface area contributed by atoms with Crippen LogP contribution in [0.2, 0.25) is 0 Å². The molecule has 0 aromatic heterocycles. The number of hydrogen-bond donors (Lipinski definition) is 1. The fourth-order valence-corrected chi connectivity index (χ4v) is 3.35. The highest BCUT2D eigenvalue weighted by molar-refractivity contribution is 9.10. The van der Waals surface area contributed by atoms with Gasteiger partial charge >= 0.3 is 5.97 Å². The van der Waals surface area contributed by atoms with Crippen molar-refractivity contribution in [3.63, 3.8) is 0 Å². The largest absolute Gasteiger partial charge is 0.478 e. The van der Waals surface area contributed by atoms with E-state index in [1.54, 1.807) is 18.2 Å². The van der Waals surface area contributed by atoms with E-state index in [4.69, 9.17) is 5.11 Å². The molecule has 0 spiro atoms. The Morgan fingerprint density at radius 2 is 2.00 bits per heavy atom. The van der Waals surface area contributed by atoms with Gasteiger partial charge in [0.05, 0.1) is 22.1 Å². The van der Waals surface area contributed by atoms with Gasteiger partial charge in [0.1, 0.15) is 5.82 Å². The Kier molecular flexibility index (Phi) is 4.67. The second-order valence-corrected chi connectivity index (χ2v) is 6.43. The van der Waals surface area contributed by atoms with Crippen molar-refractivity contribution in [2.75, 3.05) is 0 Å². The molecular formula is C14H10BrFO3S. The zero-order valence-electron chi connectivity index (χ0n) is 10.2. The lowest BCUT2D eigenvalue weighted by Gasteiger charge is -2.05. The molecule has 0 heterocycles. The van der Waals surface area contributed by atoms with Crippen molar-refractivity contribution in [3.8, 4) is 0 Å². The Balaban J connectivity index is 2.20. The minimum atomic E-state index is -1.32. The molecule has 1 unspecified atom stereocenters. The molecule has 3 nitrogen and oxygen atoms in total. The molecule has 0 amide bonds. The van der Waals surface area contributed by atoms with Crippen LogP contribution in [0.1, 0.15) is 15.9 Å². The topological polar surface area (TPSA) is 54.4 Å². The summed E-state index contributed by atoms with van der Waals surface area (Å²) in [5.74, 6) is -2.00. The minimum Gasteiger partial charge on any atom is -0.478 e. The number of benzene rings is 2. The summed E-state index contributed by atoms with van der Waals surface area (Å²) in [5, 5.41) is 8.74. The predicted molar refractivity (Wildman–Crippen MR) is 77.6 cm³/mol. The number of hydrogen-bond acceptors (Lipinski definition) is 2. The average Bonchev–Trinajstić information content (AvgIpc) is 2.38.